The molecule has 130 valence electrons. The van der Waals surface area contributed by atoms with Crippen molar-refractivity contribution < 1.29 is 13.6 Å². The molecule has 0 bridgehead atoms. The van der Waals surface area contributed by atoms with Gasteiger partial charge < -0.3 is 5.32 Å². The standard InChI is InChI=1S/C15H17ClF2N4OS/c1-15(17,18)5-8-24-7-4-13(23)20-12-10-22(21-14(12)16)11-3-2-6-19-9-11/h2-3,6,9-10H,4-5,7-8H2,1H3,(H,20,23). The molecule has 5 nitrogen and oxygen atoms in total. The Balaban J connectivity index is 1.81. The van der Waals surface area contributed by atoms with Crippen molar-refractivity contribution in [3.8, 4) is 5.69 Å². The van der Waals surface area contributed by atoms with Crippen LogP contribution in [-0.4, -0.2) is 38.1 Å². The Hall–Kier alpha value is -1.67. The quantitative estimate of drug-likeness (QED) is 0.709. The molecule has 0 fully saturated rings. The molecular weight excluding hydrogens is 358 g/mol. The van der Waals surface area contributed by atoms with Crippen LogP contribution < -0.4 is 5.32 Å². The van der Waals surface area contributed by atoms with E-state index in [1.54, 1.807) is 24.7 Å². The predicted octanol–water partition coefficient (Wildman–Crippen LogP) is 4.03. The van der Waals surface area contributed by atoms with Gasteiger partial charge in [0.2, 0.25) is 11.8 Å². The lowest BCUT2D eigenvalue weighted by molar-refractivity contribution is -0.115. The number of pyridine rings is 1. The van der Waals surface area contributed by atoms with Crippen molar-refractivity contribution in [2.75, 3.05) is 16.8 Å². The number of halogens is 3. The molecule has 2 heterocycles. The van der Waals surface area contributed by atoms with E-state index in [1.165, 1.54) is 16.4 Å². The molecule has 0 atom stereocenters. The van der Waals surface area contributed by atoms with Gasteiger partial charge in [-0.3, -0.25) is 9.78 Å². The van der Waals surface area contributed by atoms with Gasteiger partial charge in [0.15, 0.2) is 5.15 Å². The maximum atomic E-state index is 12.7. The Morgan fingerprint density at radius 2 is 2.25 bits per heavy atom. The van der Waals surface area contributed by atoms with Crippen molar-refractivity contribution in [1.29, 1.82) is 0 Å². The van der Waals surface area contributed by atoms with E-state index >= 15 is 0 Å². The van der Waals surface area contributed by atoms with E-state index in [0.29, 0.717) is 17.2 Å². The lowest BCUT2D eigenvalue weighted by atomic mass is 10.3. The summed E-state index contributed by atoms with van der Waals surface area (Å²) >= 11 is 7.34. The van der Waals surface area contributed by atoms with Crippen LogP contribution in [0.2, 0.25) is 5.15 Å². The molecule has 24 heavy (non-hydrogen) atoms. The fourth-order valence-corrected chi connectivity index (χ4v) is 3.00. The van der Waals surface area contributed by atoms with E-state index in [-0.39, 0.29) is 23.9 Å². The van der Waals surface area contributed by atoms with Crippen molar-refractivity contribution in [1.82, 2.24) is 14.8 Å². The van der Waals surface area contributed by atoms with Crippen LogP contribution in [0.25, 0.3) is 5.69 Å². The average Bonchev–Trinajstić information content (AvgIpc) is 2.88. The molecule has 0 aliphatic carbocycles. The van der Waals surface area contributed by atoms with E-state index in [4.69, 9.17) is 11.6 Å². The second-order valence-corrected chi connectivity index (χ2v) is 6.80. The molecule has 0 radical (unpaired) electrons. The number of nitrogens with zero attached hydrogens (tertiary/aromatic N) is 3. The van der Waals surface area contributed by atoms with Crippen molar-refractivity contribution in [2.45, 2.75) is 25.7 Å². The van der Waals surface area contributed by atoms with Gasteiger partial charge in [0.1, 0.15) is 0 Å². The predicted molar refractivity (Wildman–Crippen MR) is 92.2 cm³/mol. The van der Waals surface area contributed by atoms with Gasteiger partial charge in [-0.15, -0.1) is 0 Å². The molecule has 1 N–H and O–H groups in total. The molecule has 1 amide bonds. The van der Waals surface area contributed by atoms with E-state index in [9.17, 15) is 13.6 Å². The number of amides is 1. The van der Waals surface area contributed by atoms with Crippen LogP contribution in [0.4, 0.5) is 14.5 Å². The molecular formula is C15H17ClF2N4OS. The summed E-state index contributed by atoms with van der Waals surface area (Å²) in [6, 6.07) is 3.57. The molecule has 0 aliphatic heterocycles. The molecule has 0 saturated heterocycles. The van der Waals surface area contributed by atoms with Gasteiger partial charge in [0.25, 0.3) is 0 Å². The Morgan fingerprint density at radius 1 is 1.46 bits per heavy atom. The Bertz CT molecular complexity index is 676. The first-order valence-corrected chi connectivity index (χ1v) is 8.79. The zero-order valence-corrected chi connectivity index (χ0v) is 14.6. The Kier molecular flexibility index (Phi) is 6.56. The monoisotopic (exact) mass is 374 g/mol. The van der Waals surface area contributed by atoms with Gasteiger partial charge in [0, 0.05) is 24.8 Å². The number of alkyl halides is 2. The molecule has 2 rings (SSSR count). The minimum atomic E-state index is -2.66. The van der Waals surface area contributed by atoms with Crippen LogP contribution in [0.3, 0.4) is 0 Å². The first-order chi connectivity index (χ1) is 11.3. The van der Waals surface area contributed by atoms with Gasteiger partial charge in [-0.05, 0) is 24.8 Å². The number of nitrogens with one attached hydrogen (secondary N) is 1. The van der Waals surface area contributed by atoms with Crippen molar-refractivity contribution in [3.63, 3.8) is 0 Å². The van der Waals surface area contributed by atoms with Gasteiger partial charge >= 0.3 is 0 Å². The summed E-state index contributed by atoms with van der Waals surface area (Å²) in [7, 11) is 0. The maximum absolute atomic E-state index is 12.7. The second kappa shape index (κ2) is 8.43. The molecule has 0 aromatic carbocycles. The molecule has 9 heteroatoms. The smallest absolute Gasteiger partial charge is 0.246 e. The van der Waals surface area contributed by atoms with Crippen LogP contribution in [0.15, 0.2) is 30.7 Å². The van der Waals surface area contributed by atoms with Crippen LogP contribution in [0, 0.1) is 0 Å². The summed E-state index contributed by atoms with van der Waals surface area (Å²) in [5.41, 5.74) is 1.12. The van der Waals surface area contributed by atoms with Gasteiger partial charge in [-0.25, -0.2) is 13.5 Å². The van der Waals surface area contributed by atoms with Crippen LogP contribution in [-0.2, 0) is 4.79 Å². The SMILES string of the molecule is CC(F)(F)CCSCCC(=O)Nc1cn(-c2cccnc2)nc1Cl. The number of carbonyl (C=O) groups excluding carboxylic acids is 1. The molecule has 0 spiro atoms. The highest BCUT2D eigenvalue weighted by molar-refractivity contribution is 7.99. The summed E-state index contributed by atoms with van der Waals surface area (Å²) in [6.07, 6.45) is 4.89. The third-order valence-corrected chi connectivity index (χ3v) is 4.28. The minimum Gasteiger partial charge on any atom is -0.322 e. The molecule has 0 unspecified atom stereocenters. The first-order valence-electron chi connectivity index (χ1n) is 7.26. The topological polar surface area (TPSA) is 59.8 Å². The lowest BCUT2D eigenvalue weighted by Gasteiger charge is -2.08. The fraction of sp³-hybridized carbons (Fsp3) is 0.400. The number of hydrogen-bond acceptors (Lipinski definition) is 4. The van der Waals surface area contributed by atoms with Gasteiger partial charge in [-0.2, -0.15) is 16.9 Å². The zero-order valence-electron chi connectivity index (χ0n) is 13.0. The molecule has 2 aromatic rings. The fourth-order valence-electron chi connectivity index (χ4n) is 1.79. The summed E-state index contributed by atoms with van der Waals surface area (Å²) in [4.78, 5) is 15.9. The normalized spacial score (nSPS) is 11.5. The van der Waals surface area contributed by atoms with Crippen LogP contribution in [0.5, 0.6) is 0 Å². The maximum Gasteiger partial charge on any atom is 0.246 e. The summed E-state index contributed by atoms with van der Waals surface area (Å²) in [5, 5.41) is 6.95. The van der Waals surface area contributed by atoms with Crippen LogP contribution >= 0.6 is 23.4 Å². The first kappa shape index (κ1) is 18.7. The summed E-state index contributed by atoms with van der Waals surface area (Å²) in [5.74, 6) is -2.12. The highest BCUT2D eigenvalue weighted by atomic mass is 35.5. The number of hydrogen-bond donors (Lipinski definition) is 1. The molecule has 2 aromatic heterocycles. The molecule has 0 saturated carbocycles. The largest absolute Gasteiger partial charge is 0.322 e. The van der Waals surface area contributed by atoms with E-state index in [0.717, 1.165) is 12.6 Å². The number of thioether (sulfide) groups is 1. The molecule has 0 aliphatic rings. The summed E-state index contributed by atoms with van der Waals surface area (Å²) in [6.45, 7) is 0.891. The number of carbonyl (C=O) groups is 1. The van der Waals surface area contributed by atoms with Gasteiger partial charge in [-0.1, -0.05) is 11.6 Å². The highest BCUT2D eigenvalue weighted by Crippen LogP contribution is 2.22. The van der Waals surface area contributed by atoms with Crippen molar-refractivity contribution in [2.24, 2.45) is 0 Å². The zero-order chi connectivity index (χ0) is 17.6. The van der Waals surface area contributed by atoms with Crippen molar-refractivity contribution in [3.05, 3.63) is 35.9 Å². The van der Waals surface area contributed by atoms with E-state index in [2.05, 4.69) is 15.4 Å². The summed E-state index contributed by atoms with van der Waals surface area (Å²) < 4.78 is 26.8. The number of aromatic nitrogens is 3. The third kappa shape index (κ3) is 6.09. The number of anilines is 1. The Labute approximate surface area is 147 Å². The van der Waals surface area contributed by atoms with Gasteiger partial charge in [0.05, 0.1) is 23.8 Å². The number of rotatable bonds is 8. The van der Waals surface area contributed by atoms with Crippen molar-refractivity contribution >= 4 is 35.0 Å². The lowest BCUT2D eigenvalue weighted by Crippen LogP contribution is -2.13. The van der Waals surface area contributed by atoms with E-state index < -0.39 is 5.92 Å². The van der Waals surface area contributed by atoms with Crippen LogP contribution in [0.1, 0.15) is 19.8 Å². The van der Waals surface area contributed by atoms with E-state index in [1.807, 2.05) is 6.07 Å². The minimum absolute atomic E-state index is 0.172. The highest BCUT2D eigenvalue weighted by Gasteiger charge is 2.20. The Morgan fingerprint density at radius 3 is 2.92 bits per heavy atom. The second-order valence-electron chi connectivity index (χ2n) is 5.22. The third-order valence-electron chi connectivity index (χ3n) is 3.01. The average molecular weight is 375 g/mol.